The van der Waals surface area contributed by atoms with Gasteiger partial charge in [0.05, 0.1) is 20.3 Å². The van der Waals surface area contributed by atoms with Gasteiger partial charge >= 0.3 is 29.6 Å². The van der Waals surface area contributed by atoms with E-state index in [-0.39, 0.29) is 41.1 Å². The molecule has 0 aliphatic rings. The first-order valence-corrected chi connectivity index (χ1v) is 9.98. The van der Waals surface area contributed by atoms with Gasteiger partial charge in [0.1, 0.15) is 5.75 Å². The number of aromatic nitrogens is 1. The van der Waals surface area contributed by atoms with E-state index in [1.165, 1.54) is 32.9 Å². The Kier molecular flexibility index (Phi) is 7.64. The van der Waals surface area contributed by atoms with E-state index in [1.807, 2.05) is 0 Å². The summed E-state index contributed by atoms with van der Waals surface area (Å²) in [6, 6.07) is 4.99. The SMILES string of the molecule is O=S(=O)([O-])CCCSSc1nc2ccc(O)cc2s1.[Na+]. The monoisotopic (exact) mass is 359 g/mol. The Bertz CT molecular complexity index is 673. The molecule has 0 atom stereocenters. The maximum absolute atomic E-state index is 10.4. The van der Waals surface area contributed by atoms with E-state index in [0.717, 1.165) is 14.6 Å². The molecule has 104 valence electrons. The van der Waals surface area contributed by atoms with Gasteiger partial charge in [-0.1, -0.05) is 10.8 Å². The fourth-order valence-corrected chi connectivity index (χ4v) is 5.47. The van der Waals surface area contributed by atoms with Gasteiger partial charge in [0.2, 0.25) is 0 Å². The molecule has 0 saturated heterocycles. The molecule has 0 unspecified atom stereocenters. The number of phenolic OH excluding ortho intramolecular Hbond substituents is 1. The van der Waals surface area contributed by atoms with Crippen molar-refractivity contribution in [2.75, 3.05) is 11.5 Å². The van der Waals surface area contributed by atoms with Crippen LogP contribution >= 0.6 is 32.9 Å². The zero-order valence-corrected chi connectivity index (χ0v) is 15.9. The molecule has 0 amide bonds. The third kappa shape index (κ3) is 6.10. The van der Waals surface area contributed by atoms with Crippen LogP contribution in [0.3, 0.4) is 0 Å². The van der Waals surface area contributed by atoms with Gasteiger partial charge in [-0.05, 0) is 35.4 Å². The van der Waals surface area contributed by atoms with Gasteiger partial charge in [-0.25, -0.2) is 13.4 Å². The first-order chi connectivity index (χ1) is 8.94. The first-order valence-electron chi connectivity index (χ1n) is 5.27. The standard InChI is InChI=1S/C10H11NO4S4.Na/c12-7-2-3-8-9(6-7)17-10(11-8)18-16-4-1-5-19(13,14)15;/h2-3,6,12H,1,4-5H2,(H,13,14,15);/q;+1/p-1. The van der Waals surface area contributed by atoms with Gasteiger partial charge in [-0.15, -0.1) is 11.3 Å². The van der Waals surface area contributed by atoms with Crippen LogP contribution in [0, 0.1) is 0 Å². The number of phenols is 1. The van der Waals surface area contributed by atoms with Gasteiger partial charge in [-0.2, -0.15) is 0 Å². The molecule has 1 aromatic carbocycles. The Labute approximate surface area is 151 Å². The van der Waals surface area contributed by atoms with Gasteiger partial charge in [0.25, 0.3) is 0 Å². The summed E-state index contributed by atoms with van der Waals surface area (Å²) in [6.45, 7) is 0. The van der Waals surface area contributed by atoms with Crippen molar-refractivity contribution in [3.63, 3.8) is 0 Å². The predicted molar refractivity (Wildman–Crippen MR) is 78.8 cm³/mol. The van der Waals surface area contributed by atoms with Crippen LogP contribution in [-0.4, -0.2) is 34.6 Å². The zero-order chi connectivity index (χ0) is 13.9. The number of fused-ring (bicyclic) bond motifs is 1. The Balaban J connectivity index is 0.00000200. The fourth-order valence-electron chi connectivity index (χ4n) is 1.31. The normalized spacial score (nSPS) is 11.4. The molecule has 0 aliphatic carbocycles. The minimum Gasteiger partial charge on any atom is -0.748 e. The second-order valence-corrected chi connectivity index (χ2v) is 8.87. The summed E-state index contributed by atoms with van der Waals surface area (Å²) >= 11 is 1.47. The molecule has 2 rings (SSSR count). The Morgan fingerprint density at radius 3 is 2.85 bits per heavy atom. The van der Waals surface area contributed by atoms with Crippen molar-refractivity contribution < 1.29 is 47.6 Å². The smallest absolute Gasteiger partial charge is 0.748 e. The van der Waals surface area contributed by atoms with Gasteiger partial charge < -0.3 is 9.66 Å². The fraction of sp³-hybridized carbons (Fsp3) is 0.300. The minimum atomic E-state index is -4.11. The molecule has 0 fully saturated rings. The van der Waals surface area contributed by atoms with Crippen LogP contribution in [0.15, 0.2) is 22.5 Å². The van der Waals surface area contributed by atoms with E-state index in [4.69, 9.17) is 0 Å². The van der Waals surface area contributed by atoms with Crippen molar-refractivity contribution in [3.8, 4) is 5.75 Å². The van der Waals surface area contributed by atoms with Crippen LogP contribution in [0.5, 0.6) is 5.75 Å². The average Bonchev–Trinajstić information content (AvgIpc) is 2.68. The molecule has 0 spiro atoms. The maximum Gasteiger partial charge on any atom is 1.00 e. The number of aromatic hydroxyl groups is 1. The third-order valence-corrected chi connectivity index (χ3v) is 6.66. The van der Waals surface area contributed by atoms with Crippen LogP contribution in [-0.2, 0) is 10.1 Å². The molecule has 0 radical (unpaired) electrons. The Hall–Kier alpha value is 0.520. The number of rotatable bonds is 6. The quantitative estimate of drug-likeness (QED) is 0.327. The van der Waals surface area contributed by atoms with Gasteiger partial charge in [-0.3, -0.25) is 0 Å². The van der Waals surface area contributed by atoms with Gasteiger partial charge in [0.15, 0.2) is 4.34 Å². The van der Waals surface area contributed by atoms with Crippen molar-refractivity contribution in [3.05, 3.63) is 18.2 Å². The first kappa shape index (κ1) is 18.6. The summed E-state index contributed by atoms with van der Waals surface area (Å²) in [6.07, 6.45) is 0.342. The van der Waals surface area contributed by atoms with E-state index in [9.17, 15) is 18.1 Å². The molecule has 5 nitrogen and oxygen atoms in total. The summed E-state index contributed by atoms with van der Waals surface area (Å²) in [7, 11) is -1.19. The van der Waals surface area contributed by atoms with E-state index in [1.54, 1.807) is 18.2 Å². The maximum atomic E-state index is 10.4. The molecule has 10 heteroatoms. The molecular formula is C10H10NNaO4S4. The van der Waals surface area contributed by atoms with E-state index < -0.39 is 10.1 Å². The number of benzene rings is 1. The summed E-state index contributed by atoms with van der Waals surface area (Å²) in [5.74, 6) is 0.461. The summed E-state index contributed by atoms with van der Waals surface area (Å²) in [5.41, 5.74) is 0.827. The number of hydrogen-bond acceptors (Lipinski definition) is 8. The van der Waals surface area contributed by atoms with E-state index in [0.29, 0.717) is 12.2 Å². The zero-order valence-electron chi connectivity index (χ0n) is 10.6. The van der Waals surface area contributed by atoms with Crippen LogP contribution in [0.25, 0.3) is 10.2 Å². The van der Waals surface area contributed by atoms with Crippen LogP contribution < -0.4 is 29.6 Å². The van der Waals surface area contributed by atoms with Gasteiger partial charge in [0, 0.05) is 11.5 Å². The van der Waals surface area contributed by atoms with Crippen molar-refractivity contribution in [1.82, 2.24) is 4.98 Å². The molecule has 1 N–H and O–H groups in total. The van der Waals surface area contributed by atoms with Crippen molar-refractivity contribution in [2.45, 2.75) is 10.8 Å². The summed E-state index contributed by atoms with van der Waals surface area (Å²) < 4.78 is 33.0. The second kappa shape index (κ2) is 8.23. The molecule has 0 bridgehead atoms. The number of nitrogens with zero attached hydrogens (tertiary/aromatic N) is 1. The van der Waals surface area contributed by atoms with Crippen molar-refractivity contribution >= 4 is 53.3 Å². The predicted octanol–water partition coefficient (Wildman–Crippen LogP) is -0.318. The number of thiazole rings is 1. The molecule has 0 aliphatic heterocycles. The topological polar surface area (TPSA) is 90.3 Å². The Morgan fingerprint density at radius 1 is 1.40 bits per heavy atom. The molecule has 2 aromatic rings. The largest absolute Gasteiger partial charge is 1.00 e. The minimum absolute atomic E-state index is 0. The molecule has 20 heavy (non-hydrogen) atoms. The van der Waals surface area contributed by atoms with Crippen LogP contribution in [0.4, 0.5) is 0 Å². The average molecular weight is 359 g/mol. The molecule has 0 saturated carbocycles. The van der Waals surface area contributed by atoms with Crippen LogP contribution in [0.2, 0.25) is 0 Å². The van der Waals surface area contributed by atoms with Crippen molar-refractivity contribution in [2.24, 2.45) is 0 Å². The molecule has 1 heterocycles. The third-order valence-electron chi connectivity index (χ3n) is 2.10. The molecular weight excluding hydrogens is 349 g/mol. The summed E-state index contributed by atoms with van der Waals surface area (Å²) in [4.78, 5) is 4.37. The second-order valence-electron chi connectivity index (χ2n) is 3.65. The van der Waals surface area contributed by atoms with E-state index >= 15 is 0 Å². The molecule has 1 aromatic heterocycles. The Morgan fingerprint density at radius 2 is 2.15 bits per heavy atom. The van der Waals surface area contributed by atoms with Crippen LogP contribution in [0.1, 0.15) is 6.42 Å². The summed E-state index contributed by atoms with van der Waals surface area (Å²) in [5, 5.41) is 9.34. The van der Waals surface area contributed by atoms with E-state index in [2.05, 4.69) is 4.98 Å². The van der Waals surface area contributed by atoms with Crippen molar-refractivity contribution in [1.29, 1.82) is 0 Å². The number of hydrogen-bond donors (Lipinski definition) is 1.